The monoisotopic (exact) mass is 255 g/mol. The van der Waals surface area contributed by atoms with Crippen molar-refractivity contribution in [3.05, 3.63) is 46.0 Å². The number of hydrogen-bond donors (Lipinski definition) is 0. The minimum Gasteiger partial charge on any atom is -0.282 e. The highest BCUT2D eigenvalue weighted by Gasteiger charge is 2.01. The van der Waals surface area contributed by atoms with Crippen LogP contribution in [0.1, 0.15) is 5.56 Å². The van der Waals surface area contributed by atoms with Crippen LogP contribution in [0.5, 0.6) is 0 Å². The van der Waals surface area contributed by atoms with Gasteiger partial charge in [0.05, 0.1) is 4.92 Å². The van der Waals surface area contributed by atoms with Crippen molar-refractivity contribution in [2.24, 2.45) is 0 Å². The number of halogens is 1. The quantitative estimate of drug-likeness (QED) is 0.361. The molecular weight excluding hydrogens is 250 g/mol. The van der Waals surface area contributed by atoms with Gasteiger partial charge in [0, 0.05) is 12.1 Å². The zero-order valence-corrected chi connectivity index (χ0v) is 8.60. The number of non-ortho nitro benzene ring substituents is 1. The Kier molecular flexibility index (Phi) is 3.53. The van der Waals surface area contributed by atoms with E-state index in [1.807, 2.05) is 0 Å². The standard InChI is InChI=1S/C9H6BrNO3/c10-9(12)6-3-7-1-4-8(5-2-7)11(13)14/h1-6H. The van der Waals surface area contributed by atoms with E-state index >= 15 is 0 Å². The van der Waals surface area contributed by atoms with Crippen LogP contribution >= 0.6 is 15.9 Å². The molecule has 1 aromatic carbocycles. The Hall–Kier alpha value is -1.49. The molecule has 0 spiro atoms. The zero-order chi connectivity index (χ0) is 10.6. The highest BCUT2D eigenvalue weighted by molar-refractivity contribution is 9.18. The molecule has 4 nitrogen and oxygen atoms in total. The van der Waals surface area contributed by atoms with E-state index in [1.165, 1.54) is 18.2 Å². The largest absolute Gasteiger partial charge is 0.282 e. The van der Waals surface area contributed by atoms with Gasteiger partial charge in [0.1, 0.15) is 0 Å². The lowest BCUT2D eigenvalue weighted by atomic mass is 10.2. The van der Waals surface area contributed by atoms with Crippen LogP contribution in [0.15, 0.2) is 30.3 Å². The number of carbonyl (C=O) groups is 1. The van der Waals surface area contributed by atoms with E-state index in [0.29, 0.717) is 0 Å². The minimum atomic E-state index is -0.469. The van der Waals surface area contributed by atoms with Gasteiger partial charge < -0.3 is 0 Å². The number of nitrogens with zero attached hydrogens (tertiary/aromatic N) is 1. The summed E-state index contributed by atoms with van der Waals surface area (Å²) in [6, 6.07) is 5.92. The van der Waals surface area contributed by atoms with Gasteiger partial charge in [-0.25, -0.2) is 0 Å². The van der Waals surface area contributed by atoms with Crippen molar-refractivity contribution in [3.8, 4) is 0 Å². The van der Waals surface area contributed by atoms with E-state index in [4.69, 9.17) is 0 Å². The number of carbonyl (C=O) groups excluding carboxylic acids is 1. The molecule has 72 valence electrons. The molecule has 0 heterocycles. The zero-order valence-electron chi connectivity index (χ0n) is 7.01. The maximum absolute atomic E-state index is 10.5. The van der Waals surface area contributed by atoms with E-state index < -0.39 is 4.92 Å². The van der Waals surface area contributed by atoms with Crippen LogP contribution in [0.3, 0.4) is 0 Å². The number of nitro benzene ring substituents is 1. The first-order valence-electron chi connectivity index (χ1n) is 3.71. The van der Waals surface area contributed by atoms with Crippen LogP contribution in [0.2, 0.25) is 0 Å². The lowest BCUT2D eigenvalue weighted by molar-refractivity contribution is -0.384. The summed E-state index contributed by atoms with van der Waals surface area (Å²) in [5, 5.41) is 10.3. The molecule has 0 bridgehead atoms. The molecule has 14 heavy (non-hydrogen) atoms. The van der Waals surface area contributed by atoms with Gasteiger partial charge in [-0.15, -0.1) is 0 Å². The molecule has 0 saturated heterocycles. The fourth-order valence-electron chi connectivity index (χ4n) is 0.869. The Bertz CT molecular complexity index is 384. The average Bonchev–Trinajstić information content (AvgIpc) is 2.15. The highest BCUT2D eigenvalue weighted by Crippen LogP contribution is 2.12. The number of allylic oxidation sites excluding steroid dienone is 1. The predicted octanol–water partition coefficient (Wildman–Crippen LogP) is 2.53. The Morgan fingerprint density at radius 1 is 1.36 bits per heavy atom. The molecule has 1 aromatic rings. The molecule has 5 heteroatoms. The van der Waals surface area contributed by atoms with Crippen LogP contribution in [-0.2, 0) is 4.79 Å². The Morgan fingerprint density at radius 2 is 1.93 bits per heavy atom. The molecule has 0 atom stereocenters. The second-order valence-corrected chi connectivity index (χ2v) is 3.27. The van der Waals surface area contributed by atoms with E-state index in [2.05, 4.69) is 15.9 Å². The van der Waals surface area contributed by atoms with Gasteiger partial charge in [-0.1, -0.05) is 6.08 Å². The molecule has 0 aliphatic carbocycles. The molecule has 1 rings (SSSR count). The van der Waals surface area contributed by atoms with Crippen molar-refractivity contribution in [3.63, 3.8) is 0 Å². The second-order valence-electron chi connectivity index (χ2n) is 2.49. The van der Waals surface area contributed by atoms with E-state index in [-0.39, 0.29) is 10.4 Å². The van der Waals surface area contributed by atoms with Gasteiger partial charge in [0.15, 0.2) is 0 Å². The van der Waals surface area contributed by atoms with Crippen molar-refractivity contribution >= 4 is 32.4 Å². The molecule has 0 amide bonds. The molecule has 0 N–H and O–H groups in total. The Labute approximate surface area is 88.5 Å². The third kappa shape index (κ3) is 3.10. The van der Waals surface area contributed by atoms with Crippen molar-refractivity contribution in [2.45, 2.75) is 0 Å². The van der Waals surface area contributed by atoms with Crippen LogP contribution in [0.4, 0.5) is 5.69 Å². The number of rotatable bonds is 3. The van der Waals surface area contributed by atoms with Gasteiger partial charge in [-0.05, 0) is 39.7 Å². The van der Waals surface area contributed by atoms with Gasteiger partial charge in [0.25, 0.3) is 5.69 Å². The van der Waals surface area contributed by atoms with Crippen molar-refractivity contribution in [1.82, 2.24) is 0 Å². The van der Waals surface area contributed by atoms with Crippen molar-refractivity contribution in [1.29, 1.82) is 0 Å². The molecule has 0 fully saturated rings. The first-order chi connectivity index (χ1) is 6.59. The normalized spacial score (nSPS) is 10.4. The van der Waals surface area contributed by atoms with E-state index in [9.17, 15) is 14.9 Å². The first kappa shape index (κ1) is 10.6. The molecule has 0 unspecified atom stereocenters. The average molecular weight is 256 g/mol. The summed E-state index contributed by atoms with van der Waals surface area (Å²) in [5.41, 5.74) is 0.774. The summed E-state index contributed by atoms with van der Waals surface area (Å²) in [5.74, 6) is 0. The Morgan fingerprint density at radius 3 is 2.36 bits per heavy atom. The summed E-state index contributed by atoms with van der Waals surface area (Å²) < 4.78 is -0.240. The molecule has 0 aromatic heterocycles. The van der Waals surface area contributed by atoms with Gasteiger partial charge in [-0.2, -0.15) is 0 Å². The minimum absolute atomic E-state index is 0.0346. The fraction of sp³-hybridized carbons (Fsp3) is 0. The third-order valence-corrected chi connectivity index (χ3v) is 1.78. The molecule has 0 radical (unpaired) electrons. The van der Waals surface area contributed by atoms with Gasteiger partial charge in [-0.3, -0.25) is 14.9 Å². The van der Waals surface area contributed by atoms with Crippen molar-refractivity contribution in [2.75, 3.05) is 0 Å². The summed E-state index contributed by atoms with van der Waals surface area (Å²) in [7, 11) is 0. The van der Waals surface area contributed by atoms with Crippen LogP contribution < -0.4 is 0 Å². The summed E-state index contributed by atoms with van der Waals surface area (Å²) in [6.07, 6.45) is 2.90. The van der Waals surface area contributed by atoms with E-state index in [0.717, 1.165) is 5.56 Å². The summed E-state index contributed by atoms with van der Waals surface area (Å²) in [6.45, 7) is 0. The Balaban J connectivity index is 2.83. The second kappa shape index (κ2) is 4.66. The lowest BCUT2D eigenvalue weighted by Gasteiger charge is -1.92. The molecule has 0 aliphatic heterocycles. The van der Waals surface area contributed by atoms with Crippen LogP contribution in [0.25, 0.3) is 6.08 Å². The number of benzene rings is 1. The van der Waals surface area contributed by atoms with Gasteiger partial charge >= 0.3 is 0 Å². The van der Waals surface area contributed by atoms with Crippen molar-refractivity contribution < 1.29 is 9.72 Å². The van der Waals surface area contributed by atoms with Gasteiger partial charge in [0.2, 0.25) is 4.69 Å². The summed E-state index contributed by atoms with van der Waals surface area (Å²) >= 11 is 2.74. The molecule has 0 aliphatic rings. The topological polar surface area (TPSA) is 60.2 Å². The fourth-order valence-corrected chi connectivity index (χ4v) is 1.00. The highest BCUT2D eigenvalue weighted by atomic mass is 79.9. The maximum atomic E-state index is 10.5. The smallest absolute Gasteiger partial charge is 0.269 e. The lowest BCUT2D eigenvalue weighted by Crippen LogP contribution is -1.86. The molecular formula is C9H6BrNO3. The summed E-state index contributed by atoms with van der Waals surface area (Å²) in [4.78, 5) is 20.3. The predicted molar refractivity (Wildman–Crippen MR) is 56.1 cm³/mol. The maximum Gasteiger partial charge on any atom is 0.269 e. The third-order valence-electron chi connectivity index (χ3n) is 1.51. The van der Waals surface area contributed by atoms with E-state index in [1.54, 1.807) is 18.2 Å². The number of hydrogen-bond acceptors (Lipinski definition) is 3. The first-order valence-corrected chi connectivity index (χ1v) is 4.51. The SMILES string of the molecule is O=C(Br)C=Cc1ccc([N+](=O)[O-])cc1. The van der Waals surface area contributed by atoms with Crippen LogP contribution in [-0.4, -0.2) is 9.62 Å². The molecule has 0 saturated carbocycles. The van der Waals surface area contributed by atoms with Crippen LogP contribution in [0, 0.1) is 10.1 Å². The number of nitro groups is 1.